The molecule has 1 aromatic carbocycles. The minimum atomic E-state index is -3.35. The van der Waals surface area contributed by atoms with Gasteiger partial charge in [-0.15, -0.1) is 0 Å². The van der Waals surface area contributed by atoms with Gasteiger partial charge in [0, 0.05) is 18.6 Å². The molecule has 1 atom stereocenters. The van der Waals surface area contributed by atoms with Crippen molar-refractivity contribution < 1.29 is 8.42 Å². The first kappa shape index (κ1) is 14.9. The summed E-state index contributed by atoms with van der Waals surface area (Å²) >= 11 is 7.52. The summed E-state index contributed by atoms with van der Waals surface area (Å²) in [6, 6.07) is 5.02. The average Bonchev–Trinajstić information content (AvgIpc) is 2.27. The number of anilines is 1. The van der Waals surface area contributed by atoms with Crippen molar-refractivity contribution in [1.29, 1.82) is 0 Å². The molecule has 0 heterocycles. The van der Waals surface area contributed by atoms with Gasteiger partial charge in [-0.1, -0.05) is 6.92 Å². The number of halogens is 1. The molecular formula is C11H16BrNO2S2. The maximum absolute atomic E-state index is 12.1. The molecule has 1 rings (SSSR count). The Hall–Kier alpha value is -0.200. The summed E-state index contributed by atoms with van der Waals surface area (Å²) in [6.45, 7) is 1.81. The minimum absolute atomic E-state index is 0.311. The van der Waals surface area contributed by atoms with E-state index in [4.69, 9.17) is 0 Å². The smallest absolute Gasteiger partial charge is 0.190 e. The van der Waals surface area contributed by atoms with Crippen LogP contribution in [0.15, 0.2) is 27.6 Å². The molecule has 0 aromatic heterocycles. The van der Waals surface area contributed by atoms with Crippen LogP contribution < -0.4 is 4.90 Å². The molecule has 0 bridgehead atoms. The molecule has 0 saturated carbocycles. The lowest BCUT2D eigenvalue weighted by Gasteiger charge is -2.17. The first-order valence-corrected chi connectivity index (χ1v) is 8.05. The van der Waals surface area contributed by atoms with E-state index in [1.54, 1.807) is 25.1 Å². The van der Waals surface area contributed by atoms with Crippen LogP contribution >= 0.6 is 28.6 Å². The van der Waals surface area contributed by atoms with Gasteiger partial charge in [-0.05, 0) is 40.5 Å². The van der Waals surface area contributed by atoms with Crippen LogP contribution in [0.25, 0.3) is 0 Å². The Bertz CT molecular complexity index is 500. The lowest BCUT2D eigenvalue weighted by atomic mass is 10.3. The molecule has 0 amide bonds. The second-order valence-corrected chi connectivity index (χ2v) is 7.87. The second-order valence-electron chi connectivity index (χ2n) is 3.92. The van der Waals surface area contributed by atoms with Crippen LogP contribution in [0.2, 0.25) is 0 Å². The van der Waals surface area contributed by atoms with Crippen molar-refractivity contribution in [2.45, 2.75) is 22.8 Å². The van der Waals surface area contributed by atoms with Gasteiger partial charge in [0.05, 0.1) is 10.6 Å². The molecule has 17 heavy (non-hydrogen) atoms. The maximum atomic E-state index is 12.1. The quantitative estimate of drug-likeness (QED) is 0.858. The molecule has 96 valence electrons. The van der Waals surface area contributed by atoms with Gasteiger partial charge in [-0.25, -0.2) is 8.42 Å². The number of rotatable bonds is 4. The van der Waals surface area contributed by atoms with Crippen molar-refractivity contribution in [3.8, 4) is 0 Å². The molecule has 0 fully saturated rings. The largest absolute Gasteiger partial charge is 0.377 e. The number of sulfone groups is 1. The highest BCUT2D eigenvalue weighted by Crippen LogP contribution is 2.30. The lowest BCUT2D eigenvalue weighted by molar-refractivity contribution is 0.592. The predicted molar refractivity (Wildman–Crippen MR) is 78.7 cm³/mol. The Kier molecular flexibility index (Phi) is 4.92. The molecule has 0 radical (unpaired) electrons. The van der Waals surface area contributed by atoms with Crippen LogP contribution in [-0.4, -0.2) is 27.1 Å². The zero-order valence-corrected chi connectivity index (χ0v) is 13.3. The predicted octanol–water partition coefficient (Wildman–Crippen LogP) is 2.95. The number of hydrogen-bond donors (Lipinski definition) is 1. The number of hydrogen-bond acceptors (Lipinski definition) is 4. The number of thiol groups is 1. The standard InChI is InChI=1S/C11H16BrNO2S2/c1-4-11(16)17(14,15)8-5-6-9(12)10(7-8)13(2)3/h5-7,11,16H,4H2,1-3H3/t11-/m0/s1. The van der Waals surface area contributed by atoms with E-state index in [0.717, 1.165) is 10.2 Å². The topological polar surface area (TPSA) is 37.4 Å². The van der Waals surface area contributed by atoms with E-state index in [1.807, 2.05) is 19.0 Å². The summed E-state index contributed by atoms with van der Waals surface area (Å²) in [5, 5.41) is 0. The van der Waals surface area contributed by atoms with Crippen molar-refractivity contribution in [2.75, 3.05) is 19.0 Å². The third-order valence-electron chi connectivity index (χ3n) is 2.44. The normalized spacial score (nSPS) is 13.5. The summed E-state index contributed by atoms with van der Waals surface area (Å²) < 4.78 is 24.5. The Morgan fingerprint density at radius 1 is 1.41 bits per heavy atom. The molecule has 6 heteroatoms. The molecule has 0 saturated heterocycles. The average molecular weight is 338 g/mol. The third-order valence-corrected chi connectivity index (χ3v) is 6.26. The molecule has 0 aliphatic rings. The fourth-order valence-electron chi connectivity index (χ4n) is 1.39. The summed E-state index contributed by atoms with van der Waals surface area (Å²) in [5.74, 6) is 0. The molecule has 1 aromatic rings. The second kappa shape index (κ2) is 5.63. The Labute approximate surface area is 117 Å². The van der Waals surface area contributed by atoms with Crippen molar-refractivity contribution in [3.05, 3.63) is 22.7 Å². The van der Waals surface area contributed by atoms with E-state index in [-0.39, 0.29) is 0 Å². The fraction of sp³-hybridized carbons (Fsp3) is 0.455. The summed E-state index contributed by atoms with van der Waals surface area (Å²) in [4.78, 5) is 2.18. The number of nitrogens with zero attached hydrogens (tertiary/aromatic N) is 1. The van der Waals surface area contributed by atoms with Crippen molar-refractivity contribution in [2.24, 2.45) is 0 Å². The minimum Gasteiger partial charge on any atom is -0.377 e. The van der Waals surface area contributed by atoms with Gasteiger partial charge in [0.2, 0.25) is 0 Å². The SMILES string of the molecule is CC[C@@H](S)S(=O)(=O)c1ccc(Br)c(N(C)C)c1. The highest BCUT2D eigenvalue weighted by Gasteiger charge is 2.23. The van der Waals surface area contributed by atoms with Gasteiger partial charge in [0.25, 0.3) is 0 Å². The zero-order chi connectivity index (χ0) is 13.2. The Balaban J connectivity index is 3.30. The molecule has 0 aliphatic heterocycles. The van der Waals surface area contributed by atoms with E-state index >= 15 is 0 Å². The monoisotopic (exact) mass is 337 g/mol. The van der Waals surface area contributed by atoms with Gasteiger partial charge in [0.15, 0.2) is 9.84 Å². The fourth-order valence-corrected chi connectivity index (χ4v) is 3.64. The van der Waals surface area contributed by atoms with E-state index < -0.39 is 14.4 Å². The lowest BCUT2D eigenvalue weighted by Crippen LogP contribution is -2.16. The van der Waals surface area contributed by atoms with Gasteiger partial charge in [0.1, 0.15) is 4.58 Å². The van der Waals surface area contributed by atoms with Gasteiger partial charge in [-0.2, -0.15) is 12.6 Å². The Morgan fingerprint density at radius 2 is 2.00 bits per heavy atom. The van der Waals surface area contributed by atoms with Gasteiger partial charge >= 0.3 is 0 Å². The highest BCUT2D eigenvalue weighted by atomic mass is 79.9. The molecule has 0 N–H and O–H groups in total. The van der Waals surface area contributed by atoms with E-state index in [0.29, 0.717) is 11.3 Å². The molecule has 3 nitrogen and oxygen atoms in total. The van der Waals surface area contributed by atoms with Crippen molar-refractivity contribution in [3.63, 3.8) is 0 Å². The van der Waals surface area contributed by atoms with E-state index in [1.165, 1.54) is 0 Å². The maximum Gasteiger partial charge on any atom is 0.190 e. The van der Waals surface area contributed by atoms with Crippen molar-refractivity contribution in [1.82, 2.24) is 0 Å². The van der Waals surface area contributed by atoms with Crippen LogP contribution in [-0.2, 0) is 9.84 Å². The Morgan fingerprint density at radius 3 is 2.47 bits per heavy atom. The zero-order valence-electron chi connectivity index (χ0n) is 10.0. The van der Waals surface area contributed by atoms with Gasteiger partial charge < -0.3 is 4.90 Å². The summed E-state index contributed by atoms with van der Waals surface area (Å²) in [6.07, 6.45) is 0.485. The third kappa shape index (κ3) is 3.17. The highest BCUT2D eigenvalue weighted by molar-refractivity contribution is 9.10. The van der Waals surface area contributed by atoms with Crippen molar-refractivity contribution >= 4 is 44.1 Å². The summed E-state index contributed by atoms with van der Waals surface area (Å²) in [5.41, 5.74) is 0.836. The van der Waals surface area contributed by atoms with Crippen LogP contribution in [0.4, 0.5) is 5.69 Å². The van der Waals surface area contributed by atoms with Crippen LogP contribution in [0.5, 0.6) is 0 Å². The molecule has 0 spiro atoms. The van der Waals surface area contributed by atoms with Crippen LogP contribution in [0.1, 0.15) is 13.3 Å². The first-order valence-electron chi connectivity index (χ1n) is 5.19. The number of benzene rings is 1. The molecular weight excluding hydrogens is 322 g/mol. The van der Waals surface area contributed by atoms with Crippen LogP contribution in [0, 0.1) is 0 Å². The molecule has 0 unspecified atom stereocenters. The molecule has 0 aliphatic carbocycles. The van der Waals surface area contributed by atoms with E-state index in [2.05, 4.69) is 28.6 Å². The van der Waals surface area contributed by atoms with Crippen LogP contribution in [0.3, 0.4) is 0 Å². The summed E-state index contributed by atoms with van der Waals surface area (Å²) in [7, 11) is 0.394. The first-order chi connectivity index (χ1) is 7.80. The van der Waals surface area contributed by atoms with E-state index in [9.17, 15) is 8.42 Å². The van der Waals surface area contributed by atoms with Gasteiger partial charge in [-0.3, -0.25) is 0 Å².